The van der Waals surface area contributed by atoms with Crippen molar-refractivity contribution in [1.82, 2.24) is 0 Å². The molecule has 6 heteroatoms. The molecule has 0 aliphatic carbocycles. The van der Waals surface area contributed by atoms with Gasteiger partial charge in [0.1, 0.15) is 0 Å². The van der Waals surface area contributed by atoms with Gasteiger partial charge in [-0.15, -0.1) is 22.7 Å². The van der Waals surface area contributed by atoms with Crippen LogP contribution >= 0.6 is 22.7 Å². The summed E-state index contributed by atoms with van der Waals surface area (Å²) in [6, 6.07) is 5.45. The van der Waals surface area contributed by atoms with E-state index in [4.69, 9.17) is 9.47 Å². The summed E-state index contributed by atoms with van der Waals surface area (Å²) in [7, 11) is 2.60. The lowest BCUT2D eigenvalue weighted by Crippen LogP contribution is -2.12. The average Bonchev–Trinajstić information content (AvgIpc) is 3.04. The van der Waals surface area contributed by atoms with E-state index < -0.39 is 11.9 Å². The van der Waals surface area contributed by atoms with Gasteiger partial charge in [-0.3, -0.25) is 0 Å². The van der Waals surface area contributed by atoms with Gasteiger partial charge in [-0.1, -0.05) is 0 Å². The number of ether oxygens (including phenoxy) is 2. The molecule has 0 aliphatic heterocycles. The van der Waals surface area contributed by atoms with Crippen LogP contribution in [0, 0.1) is 0 Å². The van der Waals surface area contributed by atoms with Gasteiger partial charge in [0.05, 0.1) is 30.0 Å². The molecule has 4 nitrogen and oxygen atoms in total. The zero-order valence-corrected chi connectivity index (χ0v) is 12.4. The third-order valence-electron chi connectivity index (χ3n) is 3.04. The number of rotatable bonds is 2. The van der Waals surface area contributed by atoms with Crippen molar-refractivity contribution >= 4 is 54.1 Å². The molecular weight excluding hydrogens is 296 g/mol. The Morgan fingerprint density at radius 1 is 1.00 bits per heavy atom. The van der Waals surface area contributed by atoms with Crippen LogP contribution in [-0.2, 0) is 9.47 Å². The van der Waals surface area contributed by atoms with E-state index in [1.807, 2.05) is 17.5 Å². The fourth-order valence-electron chi connectivity index (χ4n) is 2.17. The summed E-state index contributed by atoms with van der Waals surface area (Å²) in [6.45, 7) is 0. The van der Waals surface area contributed by atoms with Crippen molar-refractivity contribution in [3.63, 3.8) is 0 Å². The Balaban J connectivity index is 2.45. The summed E-state index contributed by atoms with van der Waals surface area (Å²) < 4.78 is 12.6. The van der Waals surface area contributed by atoms with Crippen LogP contribution in [0.15, 0.2) is 23.6 Å². The first-order valence-electron chi connectivity index (χ1n) is 5.76. The Morgan fingerprint density at radius 3 is 2.45 bits per heavy atom. The smallest absolute Gasteiger partial charge is 0.339 e. The highest BCUT2D eigenvalue weighted by Crippen LogP contribution is 2.40. The second-order valence-corrected chi connectivity index (χ2v) is 6.06. The highest BCUT2D eigenvalue weighted by atomic mass is 32.1. The summed E-state index contributed by atoms with van der Waals surface area (Å²) in [4.78, 5) is 24.0. The molecule has 1 aromatic carbocycles. The molecule has 2 aromatic heterocycles. The Hall–Kier alpha value is -1.92. The zero-order valence-electron chi connectivity index (χ0n) is 10.8. The first-order valence-corrected chi connectivity index (χ1v) is 7.46. The van der Waals surface area contributed by atoms with Crippen molar-refractivity contribution in [1.29, 1.82) is 0 Å². The van der Waals surface area contributed by atoms with E-state index in [0.29, 0.717) is 0 Å². The SMILES string of the molecule is COC(=O)c1ccc2sc3ccsc3c2c1C(=O)OC. The maximum atomic E-state index is 12.1. The average molecular weight is 306 g/mol. The maximum absolute atomic E-state index is 12.1. The fraction of sp³-hybridized carbons (Fsp3) is 0.143. The largest absolute Gasteiger partial charge is 0.465 e. The van der Waals surface area contributed by atoms with Gasteiger partial charge in [-0.05, 0) is 23.6 Å². The van der Waals surface area contributed by atoms with Crippen molar-refractivity contribution in [2.24, 2.45) is 0 Å². The second-order valence-electron chi connectivity index (χ2n) is 4.06. The molecule has 0 unspecified atom stereocenters. The fourth-order valence-corrected chi connectivity index (χ4v) is 4.45. The normalized spacial score (nSPS) is 10.9. The summed E-state index contributed by atoms with van der Waals surface area (Å²) in [5.41, 5.74) is 0.519. The van der Waals surface area contributed by atoms with E-state index in [9.17, 15) is 9.59 Å². The van der Waals surface area contributed by atoms with E-state index in [2.05, 4.69) is 0 Å². The van der Waals surface area contributed by atoms with Gasteiger partial charge in [-0.25, -0.2) is 9.59 Å². The van der Waals surface area contributed by atoms with Crippen LogP contribution in [0.5, 0.6) is 0 Å². The van der Waals surface area contributed by atoms with Crippen LogP contribution < -0.4 is 0 Å². The minimum atomic E-state index is -0.539. The molecule has 0 saturated heterocycles. The summed E-state index contributed by atoms with van der Waals surface area (Å²) >= 11 is 3.13. The van der Waals surface area contributed by atoms with Gasteiger partial charge in [0.25, 0.3) is 0 Å². The van der Waals surface area contributed by atoms with Gasteiger partial charge >= 0.3 is 11.9 Å². The monoisotopic (exact) mass is 306 g/mol. The minimum absolute atomic E-state index is 0.236. The van der Waals surface area contributed by atoms with Gasteiger partial charge < -0.3 is 9.47 Å². The molecule has 0 spiro atoms. The number of thiophene rings is 2. The van der Waals surface area contributed by atoms with Gasteiger partial charge in [0.15, 0.2) is 0 Å². The van der Waals surface area contributed by atoms with Gasteiger partial charge in [0, 0.05) is 14.8 Å². The Morgan fingerprint density at radius 2 is 1.75 bits per heavy atom. The van der Waals surface area contributed by atoms with Crippen molar-refractivity contribution in [3.05, 3.63) is 34.7 Å². The Kier molecular flexibility index (Phi) is 3.19. The lowest BCUT2D eigenvalue weighted by Gasteiger charge is -2.07. The van der Waals surface area contributed by atoms with Crippen LogP contribution in [-0.4, -0.2) is 26.2 Å². The molecule has 0 saturated carbocycles. The molecule has 3 rings (SSSR count). The third kappa shape index (κ3) is 1.80. The van der Waals surface area contributed by atoms with Crippen molar-refractivity contribution in [3.8, 4) is 0 Å². The quantitative estimate of drug-likeness (QED) is 0.678. The van der Waals surface area contributed by atoms with Crippen LogP contribution in [0.3, 0.4) is 0 Å². The van der Waals surface area contributed by atoms with Crippen molar-refractivity contribution in [2.75, 3.05) is 14.2 Å². The standard InChI is InChI=1S/C14H10O4S2/c1-17-13(15)7-3-4-8-11(10(7)14(16)18-2)12-9(20-8)5-6-19-12/h3-6H,1-2H3. The molecule has 0 atom stereocenters. The number of hydrogen-bond acceptors (Lipinski definition) is 6. The van der Waals surface area contributed by atoms with E-state index in [-0.39, 0.29) is 11.1 Å². The third-order valence-corrected chi connectivity index (χ3v) is 5.22. The number of carbonyl (C=O) groups is 2. The minimum Gasteiger partial charge on any atom is -0.465 e. The van der Waals surface area contributed by atoms with Crippen LogP contribution in [0.25, 0.3) is 19.5 Å². The highest BCUT2D eigenvalue weighted by molar-refractivity contribution is 7.32. The van der Waals surface area contributed by atoms with E-state index >= 15 is 0 Å². The molecule has 3 aromatic rings. The first kappa shape index (κ1) is 13.1. The summed E-state index contributed by atoms with van der Waals surface area (Å²) in [6.07, 6.45) is 0. The van der Waals surface area contributed by atoms with Crippen LogP contribution in [0.2, 0.25) is 0 Å². The van der Waals surface area contributed by atoms with Crippen LogP contribution in [0.1, 0.15) is 20.7 Å². The molecule has 0 bridgehead atoms. The van der Waals surface area contributed by atoms with Crippen molar-refractivity contribution < 1.29 is 19.1 Å². The molecule has 0 fully saturated rings. The number of methoxy groups -OCH3 is 2. The van der Waals surface area contributed by atoms with Gasteiger partial charge in [-0.2, -0.15) is 0 Å². The molecule has 0 N–H and O–H groups in total. The highest BCUT2D eigenvalue weighted by Gasteiger charge is 2.24. The number of benzene rings is 1. The number of carbonyl (C=O) groups excluding carboxylic acids is 2. The van der Waals surface area contributed by atoms with E-state index in [0.717, 1.165) is 19.5 Å². The van der Waals surface area contributed by atoms with Crippen molar-refractivity contribution in [2.45, 2.75) is 0 Å². The van der Waals surface area contributed by atoms with Crippen LogP contribution in [0.4, 0.5) is 0 Å². The van der Waals surface area contributed by atoms with Gasteiger partial charge in [0.2, 0.25) is 0 Å². The van der Waals surface area contributed by atoms with E-state index in [1.54, 1.807) is 28.7 Å². The lowest BCUT2D eigenvalue weighted by atomic mass is 10.0. The number of hydrogen-bond donors (Lipinski definition) is 0. The molecular formula is C14H10O4S2. The molecule has 0 amide bonds. The number of fused-ring (bicyclic) bond motifs is 3. The summed E-state index contributed by atoms with van der Waals surface area (Å²) in [5.74, 6) is -1.06. The second kappa shape index (κ2) is 4.88. The topological polar surface area (TPSA) is 52.6 Å². The molecule has 20 heavy (non-hydrogen) atoms. The first-order chi connectivity index (χ1) is 9.67. The maximum Gasteiger partial charge on any atom is 0.339 e. The zero-order chi connectivity index (χ0) is 14.3. The molecule has 2 heterocycles. The molecule has 0 radical (unpaired) electrons. The predicted octanol–water partition coefficient (Wildman–Crippen LogP) is 3.69. The number of esters is 2. The molecule has 0 aliphatic rings. The summed E-state index contributed by atoms with van der Waals surface area (Å²) in [5, 5.41) is 2.74. The molecule has 102 valence electrons. The Labute approximate surface area is 122 Å². The Bertz CT molecular complexity index is 828. The lowest BCUT2D eigenvalue weighted by molar-refractivity contribution is 0.0557. The van der Waals surface area contributed by atoms with E-state index in [1.165, 1.54) is 14.2 Å². The predicted molar refractivity (Wildman–Crippen MR) is 79.9 cm³/mol.